The number of benzene rings is 2. The Morgan fingerprint density at radius 3 is 2.22 bits per heavy atom. The zero-order chi connectivity index (χ0) is 25.3. The molecule has 6 rings (SSSR count). The Kier molecular flexibility index (Phi) is 6.74. The fourth-order valence-corrected chi connectivity index (χ4v) is 7.43. The zero-order valence-electron chi connectivity index (χ0n) is 20.8. The molecule has 0 spiro atoms. The second kappa shape index (κ2) is 9.96. The highest BCUT2D eigenvalue weighted by molar-refractivity contribution is 5.90. The maximum atomic E-state index is 11.4. The first kappa shape index (κ1) is 24.4. The lowest BCUT2D eigenvalue weighted by Gasteiger charge is -2.57. The van der Waals surface area contributed by atoms with Gasteiger partial charge < -0.3 is 14.9 Å². The number of hydrogen-bond acceptors (Lipinski definition) is 3. The van der Waals surface area contributed by atoms with Crippen molar-refractivity contribution in [2.45, 2.75) is 56.8 Å². The molecule has 0 aliphatic heterocycles. The van der Waals surface area contributed by atoms with E-state index in [4.69, 9.17) is 9.84 Å². The van der Waals surface area contributed by atoms with Crippen LogP contribution in [-0.4, -0.2) is 29.3 Å². The van der Waals surface area contributed by atoms with Gasteiger partial charge in [-0.1, -0.05) is 30.3 Å². The highest BCUT2D eigenvalue weighted by Crippen LogP contribution is 2.61. The highest BCUT2D eigenvalue weighted by atomic mass is 16.5. The first-order valence-electron chi connectivity index (χ1n) is 13.0. The van der Waals surface area contributed by atoms with Crippen molar-refractivity contribution in [3.63, 3.8) is 0 Å². The summed E-state index contributed by atoms with van der Waals surface area (Å²) in [6.07, 6.45) is 14.2. The number of carboxylic acids is 2. The van der Waals surface area contributed by atoms with E-state index in [9.17, 15) is 14.7 Å². The minimum atomic E-state index is -1.04. The zero-order valence-corrected chi connectivity index (χ0v) is 20.8. The summed E-state index contributed by atoms with van der Waals surface area (Å²) in [7, 11) is 1.77. The monoisotopic (exact) mass is 486 g/mol. The Labute approximate surface area is 212 Å². The summed E-state index contributed by atoms with van der Waals surface area (Å²) in [4.78, 5) is 22.6. The fourth-order valence-electron chi connectivity index (χ4n) is 7.43. The number of methoxy groups -OCH3 is 1. The van der Waals surface area contributed by atoms with Crippen LogP contribution in [0.4, 0.5) is 0 Å². The summed E-state index contributed by atoms with van der Waals surface area (Å²) in [6.45, 7) is 0. The van der Waals surface area contributed by atoms with Gasteiger partial charge in [0.25, 0.3) is 0 Å². The average Bonchev–Trinajstić information content (AvgIpc) is 2.85. The average molecular weight is 487 g/mol. The Bertz CT molecular complexity index is 1190. The minimum absolute atomic E-state index is 0.178. The Hall–Kier alpha value is -3.34. The summed E-state index contributed by atoms with van der Waals surface area (Å²) >= 11 is 0. The van der Waals surface area contributed by atoms with Crippen LogP contribution in [0, 0.1) is 17.8 Å². The number of carboxylic acid groups (broad SMARTS) is 2. The molecule has 0 heterocycles. The van der Waals surface area contributed by atoms with Crippen molar-refractivity contribution in [2.75, 3.05) is 7.11 Å². The highest BCUT2D eigenvalue weighted by Gasteiger charge is 2.52. The quantitative estimate of drug-likeness (QED) is 0.311. The molecular formula is C31H34O5. The Morgan fingerprint density at radius 2 is 1.61 bits per heavy atom. The second-order valence-corrected chi connectivity index (χ2v) is 11.0. The van der Waals surface area contributed by atoms with Gasteiger partial charge in [-0.05, 0) is 116 Å². The van der Waals surface area contributed by atoms with E-state index in [1.54, 1.807) is 19.2 Å². The predicted molar refractivity (Wildman–Crippen MR) is 139 cm³/mol. The van der Waals surface area contributed by atoms with Crippen molar-refractivity contribution in [3.8, 4) is 5.75 Å². The van der Waals surface area contributed by atoms with Crippen molar-refractivity contribution in [1.29, 1.82) is 0 Å². The molecule has 5 nitrogen and oxygen atoms in total. The molecule has 5 heteroatoms. The van der Waals surface area contributed by atoms with Crippen LogP contribution >= 0.6 is 0 Å². The van der Waals surface area contributed by atoms with Crippen molar-refractivity contribution >= 4 is 17.5 Å². The fraction of sp³-hybridized carbons (Fsp3) is 0.419. The number of ether oxygens (including phenoxy) is 1. The number of hydrogen-bond donors (Lipinski definition) is 2. The summed E-state index contributed by atoms with van der Waals surface area (Å²) in [5.41, 5.74) is 4.45. The van der Waals surface area contributed by atoms with Gasteiger partial charge in [0.2, 0.25) is 0 Å². The molecule has 188 valence electrons. The van der Waals surface area contributed by atoms with Crippen LogP contribution in [0.5, 0.6) is 5.75 Å². The molecule has 2 aromatic rings. The van der Waals surface area contributed by atoms with Gasteiger partial charge in [-0.15, -0.1) is 0 Å². The molecular weight excluding hydrogens is 452 g/mol. The van der Waals surface area contributed by atoms with Gasteiger partial charge >= 0.3 is 11.9 Å². The van der Waals surface area contributed by atoms with Crippen LogP contribution in [0.15, 0.2) is 60.7 Å². The van der Waals surface area contributed by atoms with E-state index in [1.165, 1.54) is 61.8 Å². The summed E-state index contributed by atoms with van der Waals surface area (Å²) < 4.78 is 5.85. The molecule has 4 bridgehead atoms. The van der Waals surface area contributed by atoms with Gasteiger partial charge in [-0.25, -0.2) is 9.59 Å². The topological polar surface area (TPSA) is 83.8 Å². The summed E-state index contributed by atoms with van der Waals surface area (Å²) in [5, 5.41) is 18.5. The van der Waals surface area contributed by atoms with Crippen LogP contribution in [0.2, 0.25) is 0 Å². The van der Waals surface area contributed by atoms with E-state index >= 15 is 0 Å². The van der Waals surface area contributed by atoms with E-state index in [0.29, 0.717) is 17.6 Å². The first-order valence-corrected chi connectivity index (χ1v) is 13.0. The molecule has 0 saturated heterocycles. The lowest BCUT2D eigenvalue weighted by molar-refractivity contribution is -0.131. The second-order valence-electron chi connectivity index (χ2n) is 11.0. The number of aromatic carboxylic acids is 1. The molecule has 0 amide bonds. The van der Waals surface area contributed by atoms with Gasteiger partial charge in [0, 0.05) is 11.6 Å². The Morgan fingerprint density at radius 1 is 0.944 bits per heavy atom. The van der Waals surface area contributed by atoms with E-state index in [1.807, 2.05) is 12.1 Å². The molecule has 0 atom stereocenters. The molecule has 4 aliphatic rings. The molecule has 0 radical (unpaired) electrons. The summed E-state index contributed by atoms with van der Waals surface area (Å²) in [6, 6.07) is 13.2. The number of rotatable bonds is 9. The molecule has 0 aromatic heterocycles. The molecule has 36 heavy (non-hydrogen) atoms. The van der Waals surface area contributed by atoms with E-state index < -0.39 is 11.9 Å². The van der Waals surface area contributed by atoms with Crippen LogP contribution in [0.3, 0.4) is 0 Å². The standard InChI is InChI=1S/C31H34O5/c1-36-28-10-8-20(15-27(28)31-17-21-12-22(18-31)14-23(13-21)19-31)4-2-5-24(9-11-29(32)33)25-6-3-7-26(16-25)30(34)35/h3,5-11,15-16,21-23H,2,4,12-14,17-19H2,1H3,(H,32,33)(H,34,35)/b11-9?,24-5-. The number of aliphatic carboxylic acids is 1. The van der Waals surface area contributed by atoms with E-state index in [0.717, 1.165) is 36.0 Å². The van der Waals surface area contributed by atoms with Gasteiger partial charge in [0.15, 0.2) is 0 Å². The van der Waals surface area contributed by atoms with E-state index in [2.05, 4.69) is 18.2 Å². The van der Waals surface area contributed by atoms with Crippen LogP contribution in [0.1, 0.15) is 72.0 Å². The van der Waals surface area contributed by atoms with Crippen molar-refractivity contribution in [2.24, 2.45) is 17.8 Å². The van der Waals surface area contributed by atoms with Crippen LogP contribution < -0.4 is 4.74 Å². The molecule has 2 aromatic carbocycles. The maximum Gasteiger partial charge on any atom is 0.335 e. The van der Waals surface area contributed by atoms with Gasteiger partial charge in [-0.3, -0.25) is 0 Å². The smallest absolute Gasteiger partial charge is 0.335 e. The van der Waals surface area contributed by atoms with Gasteiger partial charge in [-0.2, -0.15) is 0 Å². The molecule has 4 aliphatic carbocycles. The molecule has 2 N–H and O–H groups in total. The molecule has 4 saturated carbocycles. The lowest BCUT2D eigenvalue weighted by atomic mass is 9.48. The third kappa shape index (κ3) is 4.97. The van der Waals surface area contributed by atoms with Crippen molar-refractivity contribution in [1.82, 2.24) is 0 Å². The molecule has 4 fully saturated rings. The summed E-state index contributed by atoms with van der Waals surface area (Å²) in [5.74, 6) is 1.54. The van der Waals surface area contributed by atoms with E-state index in [-0.39, 0.29) is 11.0 Å². The van der Waals surface area contributed by atoms with Crippen LogP contribution in [0.25, 0.3) is 5.57 Å². The predicted octanol–water partition coefficient (Wildman–Crippen LogP) is 6.52. The number of allylic oxidation sites excluding steroid dienone is 3. The largest absolute Gasteiger partial charge is 0.496 e. The molecule has 0 unspecified atom stereocenters. The maximum absolute atomic E-state index is 11.4. The third-order valence-corrected chi connectivity index (χ3v) is 8.52. The normalized spacial score (nSPS) is 26.9. The first-order chi connectivity index (χ1) is 17.3. The number of carbonyl (C=O) groups is 2. The number of aryl methyl sites for hydroxylation is 1. The van der Waals surface area contributed by atoms with Crippen molar-refractivity contribution in [3.05, 3.63) is 82.9 Å². The minimum Gasteiger partial charge on any atom is -0.496 e. The van der Waals surface area contributed by atoms with Crippen LogP contribution in [-0.2, 0) is 16.6 Å². The SMILES string of the molecule is COc1ccc(CC/C=C(/C=CC(=O)O)c2cccc(C(=O)O)c2)cc1C12CC3CC(CC(C3)C1)C2. The van der Waals surface area contributed by atoms with Gasteiger partial charge in [0.1, 0.15) is 5.75 Å². The van der Waals surface area contributed by atoms with Crippen molar-refractivity contribution < 1.29 is 24.5 Å². The third-order valence-electron chi connectivity index (χ3n) is 8.52. The lowest BCUT2D eigenvalue weighted by Crippen LogP contribution is -2.48. The van der Waals surface area contributed by atoms with Gasteiger partial charge in [0.05, 0.1) is 12.7 Å². The Balaban J connectivity index is 1.39.